The molecule has 0 radical (unpaired) electrons. The molecule has 1 aromatic carbocycles. The van der Waals surface area contributed by atoms with Crippen LogP contribution in [0.5, 0.6) is 0 Å². The zero-order chi connectivity index (χ0) is 14.9. The van der Waals surface area contributed by atoms with Gasteiger partial charge in [-0.25, -0.2) is 4.68 Å². The lowest BCUT2D eigenvalue weighted by atomic mass is 10.2. The van der Waals surface area contributed by atoms with Gasteiger partial charge in [-0.15, -0.1) is 0 Å². The first-order valence-corrected chi connectivity index (χ1v) is 6.97. The number of hydrogen-bond donors (Lipinski definition) is 1. The van der Waals surface area contributed by atoms with Crippen LogP contribution in [0.25, 0.3) is 5.69 Å². The number of amides is 1. The van der Waals surface area contributed by atoms with Crippen molar-refractivity contribution in [1.82, 2.24) is 14.7 Å². The fraction of sp³-hybridized carbons (Fsp3) is 0.154. The van der Waals surface area contributed by atoms with E-state index in [4.69, 9.17) is 18.0 Å². The van der Waals surface area contributed by atoms with Crippen LogP contribution in [0.15, 0.2) is 34.9 Å². The van der Waals surface area contributed by atoms with Gasteiger partial charge in [0.25, 0.3) is 5.91 Å². The fourth-order valence-electron chi connectivity index (χ4n) is 1.71. The molecule has 7 heteroatoms. The van der Waals surface area contributed by atoms with Crippen LogP contribution >= 0.6 is 28.1 Å². The van der Waals surface area contributed by atoms with Crippen molar-refractivity contribution in [1.29, 1.82) is 0 Å². The third kappa shape index (κ3) is 2.88. The van der Waals surface area contributed by atoms with E-state index in [-0.39, 0.29) is 10.9 Å². The molecule has 2 N–H and O–H groups in total. The van der Waals surface area contributed by atoms with E-state index in [1.807, 2.05) is 18.2 Å². The maximum atomic E-state index is 11.9. The van der Waals surface area contributed by atoms with Gasteiger partial charge in [-0.2, -0.15) is 5.10 Å². The van der Waals surface area contributed by atoms with E-state index in [1.165, 1.54) is 4.90 Å². The van der Waals surface area contributed by atoms with Gasteiger partial charge in [0.05, 0.1) is 5.69 Å². The predicted octanol–water partition coefficient (Wildman–Crippen LogP) is 1.97. The molecule has 0 atom stereocenters. The summed E-state index contributed by atoms with van der Waals surface area (Å²) < 4.78 is 2.47. The number of benzene rings is 1. The highest BCUT2D eigenvalue weighted by molar-refractivity contribution is 9.10. The van der Waals surface area contributed by atoms with Crippen molar-refractivity contribution >= 4 is 39.0 Å². The van der Waals surface area contributed by atoms with Gasteiger partial charge < -0.3 is 10.6 Å². The second-order valence-electron chi connectivity index (χ2n) is 4.37. The Hall–Kier alpha value is -1.73. The summed E-state index contributed by atoms with van der Waals surface area (Å²) in [5.74, 6) is -0.155. The Kier molecular flexibility index (Phi) is 4.20. The van der Waals surface area contributed by atoms with E-state index < -0.39 is 0 Å². The second kappa shape index (κ2) is 5.72. The maximum Gasteiger partial charge on any atom is 0.273 e. The van der Waals surface area contributed by atoms with Crippen LogP contribution in [0.1, 0.15) is 16.1 Å². The lowest BCUT2D eigenvalue weighted by Gasteiger charge is -2.09. The van der Waals surface area contributed by atoms with E-state index in [9.17, 15) is 4.79 Å². The van der Waals surface area contributed by atoms with Crippen molar-refractivity contribution in [2.75, 3.05) is 14.1 Å². The van der Waals surface area contributed by atoms with Gasteiger partial charge in [-0.05, 0) is 24.3 Å². The molecule has 0 saturated heterocycles. The van der Waals surface area contributed by atoms with Gasteiger partial charge >= 0.3 is 0 Å². The van der Waals surface area contributed by atoms with Gasteiger partial charge in [-0.1, -0.05) is 28.1 Å². The van der Waals surface area contributed by atoms with Crippen molar-refractivity contribution in [2.45, 2.75) is 0 Å². The fourth-order valence-corrected chi connectivity index (χ4v) is 2.23. The molecule has 0 bridgehead atoms. The highest BCUT2D eigenvalue weighted by Crippen LogP contribution is 2.20. The summed E-state index contributed by atoms with van der Waals surface area (Å²) in [7, 11) is 3.36. The molecule has 2 aromatic rings. The van der Waals surface area contributed by atoms with Crippen LogP contribution in [0.4, 0.5) is 0 Å². The van der Waals surface area contributed by atoms with Gasteiger partial charge in [0.15, 0.2) is 5.69 Å². The van der Waals surface area contributed by atoms with Gasteiger partial charge in [-0.3, -0.25) is 4.79 Å². The molecule has 0 aliphatic rings. The Morgan fingerprint density at radius 2 is 2.10 bits per heavy atom. The van der Waals surface area contributed by atoms with Gasteiger partial charge in [0, 0.05) is 30.3 Å². The molecular weight excluding hydrogens is 340 g/mol. The van der Waals surface area contributed by atoms with Gasteiger partial charge in [0.1, 0.15) is 4.99 Å². The number of aromatic nitrogens is 2. The Morgan fingerprint density at radius 1 is 1.40 bits per heavy atom. The molecule has 1 aromatic heterocycles. The first-order valence-electron chi connectivity index (χ1n) is 5.77. The number of carbonyl (C=O) groups is 1. The summed E-state index contributed by atoms with van der Waals surface area (Å²) in [4.78, 5) is 13.6. The summed E-state index contributed by atoms with van der Waals surface area (Å²) in [6.45, 7) is 0. The second-order valence-corrected chi connectivity index (χ2v) is 5.73. The SMILES string of the molecule is CN(C)C(=O)c1ccn(-c2ccc(Br)cc2C(N)=S)n1. The number of rotatable bonds is 3. The third-order valence-electron chi connectivity index (χ3n) is 2.69. The summed E-state index contributed by atoms with van der Waals surface area (Å²) in [6, 6.07) is 7.20. The number of thiocarbonyl (C=S) groups is 1. The molecule has 0 spiro atoms. The van der Waals surface area contributed by atoms with Crippen LogP contribution in [0.3, 0.4) is 0 Å². The van der Waals surface area contributed by atoms with Crippen molar-refractivity contribution in [2.24, 2.45) is 5.73 Å². The van der Waals surface area contributed by atoms with Crippen LogP contribution in [0, 0.1) is 0 Å². The smallest absolute Gasteiger partial charge is 0.273 e. The monoisotopic (exact) mass is 352 g/mol. The minimum absolute atomic E-state index is 0.155. The summed E-state index contributed by atoms with van der Waals surface area (Å²) in [5, 5.41) is 4.27. The molecule has 5 nitrogen and oxygen atoms in total. The number of hydrogen-bond acceptors (Lipinski definition) is 3. The number of nitrogens with two attached hydrogens (primary N) is 1. The van der Waals surface area contributed by atoms with Crippen molar-refractivity contribution in [3.63, 3.8) is 0 Å². The number of nitrogens with zero attached hydrogens (tertiary/aromatic N) is 3. The molecule has 104 valence electrons. The lowest BCUT2D eigenvalue weighted by molar-refractivity contribution is 0.0821. The molecule has 0 saturated carbocycles. The van der Waals surface area contributed by atoms with E-state index in [2.05, 4.69) is 21.0 Å². The van der Waals surface area contributed by atoms with Gasteiger partial charge in [0.2, 0.25) is 0 Å². The van der Waals surface area contributed by atoms with E-state index >= 15 is 0 Å². The Morgan fingerprint density at radius 3 is 2.70 bits per heavy atom. The van der Waals surface area contributed by atoms with Crippen LogP contribution in [0.2, 0.25) is 0 Å². The molecule has 0 aliphatic heterocycles. The van der Waals surface area contributed by atoms with Crippen LogP contribution in [-0.2, 0) is 0 Å². The zero-order valence-corrected chi connectivity index (χ0v) is 13.4. The standard InChI is InChI=1S/C13H13BrN4OS/c1-17(2)13(19)10-5-6-18(16-10)11-4-3-8(14)7-9(11)12(15)20/h3-7H,1-2H3,(H2,15,20). The molecule has 1 amide bonds. The zero-order valence-electron chi connectivity index (χ0n) is 11.0. The molecule has 0 unspecified atom stereocenters. The maximum absolute atomic E-state index is 11.9. The Bertz CT molecular complexity index is 681. The summed E-state index contributed by atoms with van der Waals surface area (Å²) >= 11 is 8.43. The van der Waals surface area contributed by atoms with E-state index in [0.29, 0.717) is 11.3 Å². The first kappa shape index (κ1) is 14.7. The Balaban J connectivity index is 2.48. The lowest BCUT2D eigenvalue weighted by Crippen LogP contribution is -2.22. The van der Waals surface area contributed by atoms with Crippen LogP contribution in [-0.4, -0.2) is 39.7 Å². The highest BCUT2D eigenvalue weighted by atomic mass is 79.9. The largest absolute Gasteiger partial charge is 0.389 e. The van der Waals surface area contributed by atoms with Crippen molar-refractivity contribution in [3.05, 3.63) is 46.2 Å². The molecule has 20 heavy (non-hydrogen) atoms. The topological polar surface area (TPSA) is 64.2 Å². The average Bonchev–Trinajstić information content (AvgIpc) is 2.86. The normalized spacial score (nSPS) is 10.3. The van der Waals surface area contributed by atoms with Crippen LogP contribution < -0.4 is 5.73 Å². The first-order chi connectivity index (χ1) is 9.40. The molecule has 2 rings (SSSR count). The van der Waals surface area contributed by atoms with E-state index in [0.717, 1.165) is 10.2 Å². The summed E-state index contributed by atoms with van der Waals surface area (Å²) in [6.07, 6.45) is 1.71. The summed E-state index contributed by atoms with van der Waals surface area (Å²) in [5.41, 5.74) is 7.53. The minimum atomic E-state index is -0.155. The number of halogens is 1. The van der Waals surface area contributed by atoms with Crippen molar-refractivity contribution < 1.29 is 4.79 Å². The van der Waals surface area contributed by atoms with E-state index in [1.54, 1.807) is 31.0 Å². The molecule has 0 aliphatic carbocycles. The van der Waals surface area contributed by atoms with Crippen molar-refractivity contribution in [3.8, 4) is 5.69 Å². The quantitative estimate of drug-likeness (QED) is 0.857. The molecule has 1 heterocycles. The average molecular weight is 353 g/mol. The molecule has 0 fully saturated rings. The third-order valence-corrected chi connectivity index (χ3v) is 3.40. The minimum Gasteiger partial charge on any atom is -0.389 e. The predicted molar refractivity (Wildman–Crippen MR) is 85.2 cm³/mol. The highest BCUT2D eigenvalue weighted by Gasteiger charge is 2.14. The number of carbonyl (C=O) groups excluding carboxylic acids is 1. The Labute approximate surface area is 130 Å². The molecular formula is C13H13BrN4OS.